The van der Waals surface area contributed by atoms with Crippen LogP contribution < -0.4 is 0 Å². The fourth-order valence-electron chi connectivity index (χ4n) is 3.59. The van der Waals surface area contributed by atoms with Gasteiger partial charge in [0.15, 0.2) is 0 Å². The standard InChI is InChI=1S/C19H34O2Si3/c1-6-20-18(3)12-8-16(9-13-18)23-24(22-5)17-10-14-19(4,15-11-17)21-7-2/h8-12,14,24H,6-7,13,15,22-23H2,1-5H3. The maximum Gasteiger partial charge on any atom is 0.0871 e. The zero-order valence-corrected chi connectivity index (χ0v) is 20.1. The van der Waals surface area contributed by atoms with Gasteiger partial charge >= 0.3 is 0 Å². The molecule has 2 aliphatic rings. The Morgan fingerprint density at radius 1 is 1.00 bits per heavy atom. The highest BCUT2D eigenvalue weighted by Gasteiger charge is 2.27. The Hall–Kier alpha value is -0.469. The number of hydrogen-bond acceptors (Lipinski definition) is 2. The van der Waals surface area contributed by atoms with Gasteiger partial charge in [-0.3, -0.25) is 0 Å². The van der Waals surface area contributed by atoms with Crippen LogP contribution in [0, 0.1) is 0 Å². The lowest BCUT2D eigenvalue weighted by Gasteiger charge is -2.30. The predicted octanol–water partition coefficient (Wildman–Crippen LogP) is 2.45. The van der Waals surface area contributed by atoms with E-state index < -0.39 is 7.83 Å². The van der Waals surface area contributed by atoms with Crippen molar-refractivity contribution in [3.05, 3.63) is 46.8 Å². The molecule has 134 valence electrons. The Bertz CT molecular complexity index is 553. The molecule has 24 heavy (non-hydrogen) atoms. The highest BCUT2D eigenvalue weighted by Crippen LogP contribution is 2.27. The van der Waals surface area contributed by atoms with Gasteiger partial charge in [0.25, 0.3) is 0 Å². The van der Waals surface area contributed by atoms with Gasteiger partial charge < -0.3 is 9.47 Å². The second-order valence-corrected chi connectivity index (χ2v) is 24.5. The quantitative estimate of drug-likeness (QED) is 0.604. The molecule has 0 bridgehead atoms. The Balaban J connectivity index is 1.97. The number of hydrogen-bond donors (Lipinski definition) is 0. The van der Waals surface area contributed by atoms with Crippen molar-refractivity contribution >= 4 is 25.9 Å². The molecule has 3 atom stereocenters. The first-order chi connectivity index (χ1) is 11.4. The van der Waals surface area contributed by atoms with Crippen LogP contribution in [0.5, 0.6) is 0 Å². The van der Waals surface area contributed by atoms with Crippen molar-refractivity contribution in [3.8, 4) is 0 Å². The highest BCUT2D eigenvalue weighted by molar-refractivity contribution is 7.44. The molecule has 0 amide bonds. The molecule has 0 aromatic rings. The average molecular weight is 379 g/mol. The van der Waals surface area contributed by atoms with Crippen molar-refractivity contribution < 1.29 is 9.47 Å². The van der Waals surface area contributed by atoms with Gasteiger partial charge in [0.2, 0.25) is 0 Å². The lowest BCUT2D eigenvalue weighted by molar-refractivity contribution is 0.0149. The van der Waals surface area contributed by atoms with Crippen LogP contribution in [0.2, 0.25) is 6.55 Å². The van der Waals surface area contributed by atoms with Crippen LogP contribution in [0.3, 0.4) is 0 Å². The van der Waals surface area contributed by atoms with Crippen molar-refractivity contribution in [1.82, 2.24) is 0 Å². The van der Waals surface area contributed by atoms with Gasteiger partial charge in [-0.15, -0.1) is 0 Å². The van der Waals surface area contributed by atoms with Crippen molar-refractivity contribution in [1.29, 1.82) is 0 Å². The summed E-state index contributed by atoms with van der Waals surface area (Å²) in [5.74, 6) is 0. The smallest absolute Gasteiger partial charge is 0.0871 e. The Morgan fingerprint density at radius 2 is 1.58 bits per heavy atom. The van der Waals surface area contributed by atoms with E-state index in [1.54, 1.807) is 10.4 Å². The first kappa shape index (κ1) is 19.9. The molecule has 2 nitrogen and oxygen atoms in total. The molecule has 0 N–H and O–H groups in total. The lowest BCUT2D eigenvalue weighted by atomic mass is 9.97. The van der Waals surface area contributed by atoms with Crippen LogP contribution in [0.15, 0.2) is 46.8 Å². The topological polar surface area (TPSA) is 18.5 Å². The maximum absolute atomic E-state index is 5.90. The van der Waals surface area contributed by atoms with E-state index >= 15 is 0 Å². The maximum atomic E-state index is 5.90. The molecule has 0 radical (unpaired) electrons. The van der Waals surface area contributed by atoms with E-state index in [4.69, 9.17) is 9.47 Å². The van der Waals surface area contributed by atoms with Gasteiger partial charge in [0.05, 0.1) is 19.0 Å². The van der Waals surface area contributed by atoms with Crippen molar-refractivity contribution in [2.75, 3.05) is 13.2 Å². The minimum Gasteiger partial charge on any atom is -0.371 e. The highest BCUT2D eigenvalue weighted by atomic mass is 29.6. The molecule has 0 aromatic carbocycles. The molecule has 2 rings (SSSR count). The molecule has 0 aromatic heterocycles. The largest absolute Gasteiger partial charge is 0.371 e. The number of allylic oxidation sites excluding steroid dienone is 4. The summed E-state index contributed by atoms with van der Waals surface area (Å²) in [7, 11) is -0.698. The summed E-state index contributed by atoms with van der Waals surface area (Å²) >= 11 is 0. The Kier molecular flexibility index (Phi) is 7.24. The van der Waals surface area contributed by atoms with Gasteiger partial charge in [0.1, 0.15) is 0 Å². The summed E-state index contributed by atoms with van der Waals surface area (Å²) in [5, 5.41) is 3.39. The van der Waals surface area contributed by atoms with E-state index in [0.29, 0.717) is 0 Å². The normalized spacial score (nSPS) is 31.9. The van der Waals surface area contributed by atoms with Gasteiger partial charge in [0, 0.05) is 31.3 Å². The van der Waals surface area contributed by atoms with Crippen LogP contribution in [-0.4, -0.2) is 50.3 Å². The SMILES string of the molecule is CCOC1(C)C=CC([SiH2][SiH]([SiH2]C)C2=CCC(C)(OCC)C=C2)=CC1. The van der Waals surface area contributed by atoms with Crippen LogP contribution in [-0.2, 0) is 9.47 Å². The third-order valence-electron chi connectivity index (χ3n) is 5.19. The van der Waals surface area contributed by atoms with E-state index in [9.17, 15) is 0 Å². The van der Waals surface area contributed by atoms with E-state index in [-0.39, 0.29) is 29.3 Å². The van der Waals surface area contributed by atoms with E-state index in [0.717, 1.165) is 26.1 Å². The zero-order chi connectivity index (χ0) is 17.6. The molecule has 0 heterocycles. The molecule has 5 heteroatoms. The lowest BCUT2D eigenvalue weighted by Crippen LogP contribution is -2.36. The van der Waals surface area contributed by atoms with E-state index in [2.05, 4.69) is 70.7 Å². The van der Waals surface area contributed by atoms with Gasteiger partial charge in [-0.1, -0.05) is 53.4 Å². The second kappa shape index (κ2) is 8.76. The van der Waals surface area contributed by atoms with Crippen LogP contribution >= 0.6 is 0 Å². The predicted molar refractivity (Wildman–Crippen MR) is 114 cm³/mol. The van der Waals surface area contributed by atoms with Crippen molar-refractivity contribution in [3.63, 3.8) is 0 Å². The minimum atomic E-state index is -0.668. The summed E-state index contributed by atoms with van der Waals surface area (Å²) in [6.07, 6.45) is 16.5. The molecule has 0 saturated heterocycles. The van der Waals surface area contributed by atoms with E-state index in [1.807, 2.05) is 0 Å². The van der Waals surface area contributed by atoms with Crippen molar-refractivity contribution in [2.45, 2.75) is 58.3 Å². The van der Waals surface area contributed by atoms with Gasteiger partial charge in [-0.2, -0.15) is 0 Å². The number of ether oxygens (including phenoxy) is 2. The fraction of sp³-hybridized carbons (Fsp3) is 0.579. The summed E-state index contributed by atoms with van der Waals surface area (Å²) in [6, 6.07) is 0. The molecule has 0 aliphatic heterocycles. The monoisotopic (exact) mass is 378 g/mol. The molecule has 3 unspecified atom stereocenters. The molecule has 0 fully saturated rings. The van der Waals surface area contributed by atoms with Crippen LogP contribution in [0.1, 0.15) is 40.5 Å². The zero-order valence-electron chi connectivity index (χ0n) is 16.1. The summed E-state index contributed by atoms with van der Waals surface area (Å²) < 4.78 is 11.8. The van der Waals surface area contributed by atoms with Crippen LogP contribution in [0.4, 0.5) is 0 Å². The fourth-order valence-corrected chi connectivity index (χ4v) is 19.6. The second-order valence-electron chi connectivity index (χ2n) is 7.36. The van der Waals surface area contributed by atoms with Gasteiger partial charge in [-0.25, -0.2) is 0 Å². The van der Waals surface area contributed by atoms with E-state index in [1.165, 1.54) is 0 Å². The third kappa shape index (κ3) is 5.26. The van der Waals surface area contributed by atoms with Crippen LogP contribution in [0.25, 0.3) is 0 Å². The van der Waals surface area contributed by atoms with Crippen molar-refractivity contribution in [2.24, 2.45) is 0 Å². The Labute approximate surface area is 153 Å². The first-order valence-corrected chi connectivity index (χ1v) is 18.7. The third-order valence-corrected chi connectivity index (χ3v) is 25.5. The average Bonchev–Trinajstić information content (AvgIpc) is 2.56. The molecule has 2 aliphatic carbocycles. The first-order valence-electron chi connectivity index (χ1n) is 9.49. The molecular weight excluding hydrogens is 344 g/mol. The minimum absolute atomic E-state index is 0.0721. The number of rotatable bonds is 8. The van der Waals surface area contributed by atoms with Gasteiger partial charge in [-0.05, 0) is 40.5 Å². The summed E-state index contributed by atoms with van der Waals surface area (Å²) in [6.45, 7) is 12.7. The molecule has 0 saturated carbocycles. The molecular formula is C19H34O2Si3. The Morgan fingerprint density at radius 3 is 2.00 bits per heavy atom. The summed E-state index contributed by atoms with van der Waals surface area (Å²) in [4.78, 5) is 0. The summed E-state index contributed by atoms with van der Waals surface area (Å²) in [5.41, 5.74) is -0.145. The molecule has 0 spiro atoms.